The van der Waals surface area contributed by atoms with Crippen LogP contribution in [0, 0.1) is 11.3 Å². The van der Waals surface area contributed by atoms with Crippen LogP contribution in [-0.4, -0.2) is 53.7 Å². The monoisotopic (exact) mass is 340 g/mol. The van der Waals surface area contributed by atoms with Gasteiger partial charge in [-0.2, -0.15) is 5.26 Å². The van der Waals surface area contributed by atoms with E-state index < -0.39 is 0 Å². The Kier molecular flexibility index (Phi) is 5.77. The number of rotatable bonds is 4. The van der Waals surface area contributed by atoms with Crippen molar-refractivity contribution in [2.75, 3.05) is 37.4 Å². The molecule has 2 heterocycles. The lowest BCUT2D eigenvalue weighted by molar-refractivity contribution is -0.130. The molecule has 0 aromatic carbocycles. The van der Waals surface area contributed by atoms with Crippen LogP contribution in [0.3, 0.4) is 0 Å². The molecule has 1 aliphatic heterocycles. The molecule has 2 amide bonds. The molecule has 0 spiro atoms. The van der Waals surface area contributed by atoms with Crippen LogP contribution in [0.2, 0.25) is 0 Å². The fourth-order valence-electron chi connectivity index (χ4n) is 2.36. The largest absolute Gasteiger partial charge is 0.339 e. The van der Waals surface area contributed by atoms with E-state index in [-0.39, 0.29) is 17.7 Å². The van der Waals surface area contributed by atoms with Gasteiger partial charge in [0, 0.05) is 50.6 Å². The van der Waals surface area contributed by atoms with Crippen LogP contribution < -0.4 is 5.32 Å². The number of nitriles is 1. The second-order valence-corrected chi connectivity index (χ2v) is 6.19. The summed E-state index contributed by atoms with van der Waals surface area (Å²) in [4.78, 5) is 26.7. The normalized spacial score (nSPS) is 15.4. The molecule has 0 aliphatic carbocycles. The van der Waals surface area contributed by atoms with Crippen LogP contribution in [0.5, 0.6) is 0 Å². The lowest BCUT2D eigenvalue weighted by Crippen LogP contribution is -2.48. The Morgan fingerprint density at radius 2 is 2.09 bits per heavy atom. The van der Waals surface area contributed by atoms with Gasteiger partial charge < -0.3 is 10.2 Å². The number of nitrogens with one attached hydrogen (secondary N) is 1. The Morgan fingerprint density at radius 1 is 1.41 bits per heavy atom. The fourth-order valence-corrected chi connectivity index (χ4v) is 3.48. The maximum Gasteiger partial charge on any atom is 0.237 e. The predicted octanol–water partition coefficient (Wildman–Crippen LogP) is 1.46. The van der Waals surface area contributed by atoms with Crippen LogP contribution in [0.1, 0.15) is 18.1 Å². The smallest absolute Gasteiger partial charge is 0.237 e. The summed E-state index contributed by atoms with van der Waals surface area (Å²) < 4.78 is 0. The third kappa shape index (κ3) is 3.97. The molecule has 22 heavy (non-hydrogen) atoms. The minimum atomic E-state index is -0.148. The molecule has 1 N–H and O–H groups in total. The first-order valence-corrected chi connectivity index (χ1v) is 8.30. The summed E-state index contributed by atoms with van der Waals surface area (Å²) >= 11 is 6.93. The van der Waals surface area contributed by atoms with Crippen molar-refractivity contribution >= 4 is 39.8 Å². The highest BCUT2D eigenvalue weighted by Gasteiger charge is 2.22. The Labute approximate surface area is 138 Å². The van der Waals surface area contributed by atoms with Crippen molar-refractivity contribution in [1.29, 1.82) is 5.26 Å². The molecular formula is C14H17ClN4O2S. The number of halogens is 1. The molecule has 0 unspecified atom stereocenters. The van der Waals surface area contributed by atoms with Gasteiger partial charge in [0.15, 0.2) is 0 Å². The van der Waals surface area contributed by atoms with Crippen molar-refractivity contribution < 1.29 is 9.59 Å². The Morgan fingerprint density at radius 3 is 2.64 bits per heavy atom. The van der Waals surface area contributed by atoms with Crippen molar-refractivity contribution in [2.24, 2.45) is 0 Å². The van der Waals surface area contributed by atoms with Gasteiger partial charge in [-0.25, -0.2) is 0 Å². The van der Waals surface area contributed by atoms with Gasteiger partial charge in [-0.15, -0.1) is 22.9 Å². The number of amides is 2. The van der Waals surface area contributed by atoms with E-state index in [9.17, 15) is 14.9 Å². The fraction of sp³-hybridized carbons (Fsp3) is 0.500. The van der Waals surface area contributed by atoms with Crippen molar-refractivity contribution in [3.05, 3.63) is 16.5 Å². The van der Waals surface area contributed by atoms with E-state index in [1.807, 2.05) is 0 Å². The summed E-state index contributed by atoms with van der Waals surface area (Å²) in [6.45, 7) is 4.75. The van der Waals surface area contributed by atoms with Gasteiger partial charge in [-0.3, -0.25) is 14.5 Å². The van der Waals surface area contributed by atoms with Gasteiger partial charge in [-0.05, 0) is 0 Å². The van der Waals surface area contributed by atoms with E-state index >= 15 is 0 Å². The van der Waals surface area contributed by atoms with Crippen LogP contribution >= 0.6 is 22.9 Å². The molecule has 0 radical (unpaired) electrons. The standard InChI is InChI=1S/C14H17ClN4O2S/c1-10(20)17-14-12(11(7-16)9-22-14)8-18-2-4-19(5-3-18)13(21)6-15/h9H,2-6,8H2,1H3,(H,17,20). The van der Waals surface area contributed by atoms with E-state index in [0.717, 1.165) is 23.7 Å². The van der Waals surface area contributed by atoms with Gasteiger partial charge in [0.2, 0.25) is 11.8 Å². The molecule has 2 rings (SSSR count). The van der Waals surface area contributed by atoms with E-state index in [1.165, 1.54) is 18.3 Å². The molecule has 6 nitrogen and oxygen atoms in total. The molecular weight excluding hydrogens is 324 g/mol. The zero-order valence-corrected chi connectivity index (χ0v) is 13.8. The highest BCUT2D eigenvalue weighted by Crippen LogP contribution is 2.29. The predicted molar refractivity (Wildman–Crippen MR) is 85.9 cm³/mol. The number of alkyl halides is 1. The number of hydrogen-bond acceptors (Lipinski definition) is 5. The van der Waals surface area contributed by atoms with E-state index in [2.05, 4.69) is 16.3 Å². The molecule has 118 valence electrons. The van der Waals surface area contributed by atoms with E-state index in [0.29, 0.717) is 25.2 Å². The van der Waals surface area contributed by atoms with Crippen LogP contribution in [0.15, 0.2) is 5.38 Å². The van der Waals surface area contributed by atoms with Crippen molar-refractivity contribution in [3.63, 3.8) is 0 Å². The van der Waals surface area contributed by atoms with Gasteiger partial charge in [0.05, 0.1) is 5.56 Å². The van der Waals surface area contributed by atoms with Crippen LogP contribution in [0.25, 0.3) is 0 Å². The zero-order valence-electron chi connectivity index (χ0n) is 12.3. The summed E-state index contributed by atoms with van der Waals surface area (Å²) in [7, 11) is 0. The van der Waals surface area contributed by atoms with Gasteiger partial charge in [-0.1, -0.05) is 0 Å². The number of thiophene rings is 1. The molecule has 1 aromatic heterocycles. The topological polar surface area (TPSA) is 76.4 Å². The molecule has 8 heteroatoms. The maximum absolute atomic E-state index is 11.6. The van der Waals surface area contributed by atoms with Crippen molar-refractivity contribution in [1.82, 2.24) is 9.80 Å². The van der Waals surface area contributed by atoms with Gasteiger partial charge in [0.25, 0.3) is 0 Å². The highest BCUT2D eigenvalue weighted by molar-refractivity contribution is 7.14. The van der Waals surface area contributed by atoms with Crippen molar-refractivity contribution in [3.8, 4) is 6.07 Å². The third-order valence-electron chi connectivity index (χ3n) is 3.52. The SMILES string of the molecule is CC(=O)Nc1scc(C#N)c1CN1CCN(C(=O)CCl)CC1. The number of carbonyl (C=O) groups is 2. The molecule has 1 aromatic rings. The summed E-state index contributed by atoms with van der Waals surface area (Å²) in [6.07, 6.45) is 0. The third-order valence-corrected chi connectivity index (χ3v) is 4.69. The first-order chi connectivity index (χ1) is 10.5. The summed E-state index contributed by atoms with van der Waals surface area (Å²) in [6, 6.07) is 2.17. The molecule has 1 aliphatic rings. The molecule has 0 atom stereocenters. The zero-order chi connectivity index (χ0) is 16.1. The maximum atomic E-state index is 11.6. The molecule has 0 bridgehead atoms. The van der Waals surface area contributed by atoms with Crippen molar-refractivity contribution in [2.45, 2.75) is 13.5 Å². The highest BCUT2D eigenvalue weighted by atomic mass is 35.5. The molecule has 1 fully saturated rings. The number of nitrogens with zero attached hydrogens (tertiary/aromatic N) is 3. The van der Waals surface area contributed by atoms with Gasteiger partial charge >= 0.3 is 0 Å². The second kappa shape index (κ2) is 7.58. The molecule has 0 saturated carbocycles. The number of hydrogen-bond donors (Lipinski definition) is 1. The Hall–Kier alpha value is -1.62. The average Bonchev–Trinajstić information content (AvgIpc) is 2.88. The number of piperazine rings is 1. The van der Waals surface area contributed by atoms with E-state index in [1.54, 1.807) is 10.3 Å². The lowest BCUT2D eigenvalue weighted by atomic mass is 10.1. The van der Waals surface area contributed by atoms with Gasteiger partial charge in [0.1, 0.15) is 17.0 Å². The minimum absolute atomic E-state index is 0.00971. The second-order valence-electron chi connectivity index (χ2n) is 5.04. The van der Waals surface area contributed by atoms with Crippen LogP contribution in [-0.2, 0) is 16.1 Å². The minimum Gasteiger partial charge on any atom is -0.339 e. The molecule has 1 saturated heterocycles. The summed E-state index contributed by atoms with van der Waals surface area (Å²) in [5.74, 6) is -0.186. The van der Waals surface area contributed by atoms with E-state index in [4.69, 9.17) is 11.6 Å². The number of anilines is 1. The van der Waals surface area contributed by atoms with Crippen LogP contribution in [0.4, 0.5) is 5.00 Å². The Balaban J connectivity index is 2.03. The first kappa shape index (κ1) is 16.7. The average molecular weight is 341 g/mol. The quantitative estimate of drug-likeness (QED) is 0.842. The summed E-state index contributed by atoms with van der Waals surface area (Å²) in [5, 5.41) is 14.5. The summed E-state index contributed by atoms with van der Waals surface area (Å²) in [5.41, 5.74) is 1.44. The Bertz CT molecular complexity index is 602. The first-order valence-electron chi connectivity index (χ1n) is 6.89. The lowest BCUT2D eigenvalue weighted by Gasteiger charge is -2.34. The number of carbonyl (C=O) groups excluding carboxylic acids is 2.